The van der Waals surface area contributed by atoms with E-state index in [0.29, 0.717) is 6.04 Å². The quantitative estimate of drug-likeness (QED) is 0.797. The molecule has 2 nitrogen and oxygen atoms in total. The molecule has 1 N–H and O–H groups in total. The SMILES string of the molecule is CCCNC(CC1CCCCC1)c1nc2c(s1)CCCC2. The van der Waals surface area contributed by atoms with Crippen molar-refractivity contribution >= 4 is 11.3 Å². The molecule has 21 heavy (non-hydrogen) atoms. The van der Waals surface area contributed by atoms with Gasteiger partial charge in [0, 0.05) is 4.88 Å². The molecule has 1 aromatic heterocycles. The van der Waals surface area contributed by atoms with Crippen LogP contribution in [0.2, 0.25) is 0 Å². The van der Waals surface area contributed by atoms with Gasteiger partial charge in [0.15, 0.2) is 0 Å². The van der Waals surface area contributed by atoms with Crippen LogP contribution in [0.25, 0.3) is 0 Å². The molecule has 0 amide bonds. The van der Waals surface area contributed by atoms with E-state index in [9.17, 15) is 0 Å². The molecule has 1 saturated carbocycles. The zero-order chi connectivity index (χ0) is 14.5. The Balaban J connectivity index is 1.69. The van der Waals surface area contributed by atoms with E-state index in [-0.39, 0.29) is 0 Å². The van der Waals surface area contributed by atoms with Crippen LogP contribution in [0, 0.1) is 5.92 Å². The van der Waals surface area contributed by atoms with Gasteiger partial charge >= 0.3 is 0 Å². The van der Waals surface area contributed by atoms with Gasteiger partial charge in [-0.1, -0.05) is 39.0 Å². The fourth-order valence-corrected chi connectivity index (χ4v) is 5.11. The number of hydrogen-bond acceptors (Lipinski definition) is 3. The first-order chi connectivity index (χ1) is 10.4. The van der Waals surface area contributed by atoms with Crippen LogP contribution >= 0.6 is 11.3 Å². The van der Waals surface area contributed by atoms with Crippen LogP contribution in [0.15, 0.2) is 0 Å². The lowest BCUT2D eigenvalue weighted by Gasteiger charge is -2.26. The second-order valence-electron chi connectivity index (χ2n) is 6.88. The molecule has 1 heterocycles. The molecule has 2 aliphatic carbocycles. The predicted molar refractivity (Wildman–Crippen MR) is 91.0 cm³/mol. The van der Waals surface area contributed by atoms with Gasteiger partial charge in [-0.2, -0.15) is 0 Å². The van der Waals surface area contributed by atoms with Crippen molar-refractivity contribution in [2.24, 2.45) is 5.92 Å². The molecule has 3 heteroatoms. The Hall–Kier alpha value is -0.410. The maximum absolute atomic E-state index is 5.03. The van der Waals surface area contributed by atoms with Gasteiger partial charge in [-0.3, -0.25) is 0 Å². The van der Waals surface area contributed by atoms with Crippen molar-refractivity contribution in [1.29, 1.82) is 0 Å². The number of nitrogens with zero attached hydrogens (tertiary/aromatic N) is 1. The molecule has 0 spiro atoms. The second-order valence-corrected chi connectivity index (χ2v) is 7.99. The summed E-state index contributed by atoms with van der Waals surface area (Å²) >= 11 is 2.01. The van der Waals surface area contributed by atoms with Crippen molar-refractivity contribution in [3.05, 3.63) is 15.6 Å². The molecule has 1 atom stereocenters. The van der Waals surface area contributed by atoms with Gasteiger partial charge in [-0.25, -0.2) is 4.98 Å². The largest absolute Gasteiger partial charge is 0.308 e. The molecular weight excluding hydrogens is 276 g/mol. The molecule has 2 aliphatic rings. The number of rotatable bonds is 6. The van der Waals surface area contributed by atoms with Gasteiger partial charge in [0.25, 0.3) is 0 Å². The average Bonchev–Trinajstić information content (AvgIpc) is 2.96. The Bertz CT molecular complexity index is 411. The Labute approximate surface area is 133 Å². The zero-order valence-electron chi connectivity index (χ0n) is 13.5. The minimum absolute atomic E-state index is 0.517. The topological polar surface area (TPSA) is 24.9 Å². The first-order valence-electron chi connectivity index (χ1n) is 9.08. The van der Waals surface area contributed by atoms with Gasteiger partial charge in [-0.15, -0.1) is 11.3 Å². The van der Waals surface area contributed by atoms with Crippen molar-refractivity contribution in [2.75, 3.05) is 6.54 Å². The summed E-state index contributed by atoms with van der Waals surface area (Å²) in [5.74, 6) is 0.925. The summed E-state index contributed by atoms with van der Waals surface area (Å²) in [4.78, 5) is 6.61. The lowest BCUT2D eigenvalue weighted by atomic mass is 9.85. The predicted octanol–water partition coefficient (Wildman–Crippen LogP) is 5.03. The van der Waals surface area contributed by atoms with Crippen LogP contribution in [0.4, 0.5) is 0 Å². The Morgan fingerprint density at radius 3 is 2.71 bits per heavy atom. The maximum Gasteiger partial charge on any atom is 0.110 e. The smallest absolute Gasteiger partial charge is 0.110 e. The number of hydrogen-bond donors (Lipinski definition) is 1. The summed E-state index contributed by atoms with van der Waals surface area (Å²) in [5.41, 5.74) is 1.42. The van der Waals surface area contributed by atoms with E-state index >= 15 is 0 Å². The van der Waals surface area contributed by atoms with Crippen LogP contribution in [0.1, 0.15) is 86.3 Å². The van der Waals surface area contributed by atoms with E-state index in [2.05, 4.69) is 12.2 Å². The first-order valence-corrected chi connectivity index (χ1v) is 9.90. The molecule has 118 valence electrons. The highest BCUT2D eigenvalue weighted by atomic mass is 32.1. The van der Waals surface area contributed by atoms with E-state index < -0.39 is 0 Å². The van der Waals surface area contributed by atoms with E-state index in [0.717, 1.165) is 12.5 Å². The lowest BCUT2D eigenvalue weighted by molar-refractivity contribution is 0.299. The van der Waals surface area contributed by atoms with Gasteiger partial charge in [0.2, 0.25) is 0 Å². The lowest BCUT2D eigenvalue weighted by Crippen LogP contribution is -2.25. The number of thiazole rings is 1. The summed E-state index contributed by atoms with van der Waals surface area (Å²) in [7, 11) is 0. The minimum atomic E-state index is 0.517. The Morgan fingerprint density at radius 2 is 1.95 bits per heavy atom. The molecule has 3 rings (SSSR count). The Morgan fingerprint density at radius 1 is 1.14 bits per heavy atom. The molecular formula is C18H30N2S. The van der Waals surface area contributed by atoms with E-state index in [4.69, 9.17) is 4.98 Å². The monoisotopic (exact) mass is 306 g/mol. The van der Waals surface area contributed by atoms with Gasteiger partial charge in [-0.05, 0) is 51.0 Å². The van der Waals surface area contributed by atoms with Gasteiger partial charge in [0.05, 0.1) is 11.7 Å². The molecule has 1 aromatic rings. The minimum Gasteiger partial charge on any atom is -0.308 e. The molecule has 1 unspecified atom stereocenters. The summed E-state index contributed by atoms with van der Waals surface area (Å²) in [6.45, 7) is 3.39. The van der Waals surface area contributed by atoms with Crippen molar-refractivity contribution in [3.8, 4) is 0 Å². The molecule has 0 bridgehead atoms. The summed E-state index contributed by atoms with van der Waals surface area (Å²) in [5, 5.41) is 5.18. The highest BCUT2D eigenvalue weighted by Gasteiger charge is 2.24. The fourth-order valence-electron chi connectivity index (χ4n) is 3.87. The third kappa shape index (κ3) is 4.07. The van der Waals surface area contributed by atoms with Crippen LogP contribution in [0.3, 0.4) is 0 Å². The van der Waals surface area contributed by atoms with Crippen LogP contribution in [-0.4, -0.2) is 11.5 Å². The number of aromatic nitrogens is 1. The maximum atomic E-state index is 5.03. The zero-order valence-corrected chi connectivity index (χ0v) is 14.3. The van der Waals surface area contributed by atoms with Crippen LogP contribution < -0.4 is 5.32 Å². The van der Waals surface area contributed by atoms with Crippen molar-refractivity contribution in [1.82, 2.24) is 10.3 Å². The van der Waals surface area contributed by atoms with Gasteiger partial charge < -0.3 is 5.32 Å². The standard InChI is InChI=1S/C18H30N2S/c1-2-12-19-16(13-14-8-4-3-5-9-14)18-20-15-10-6-7-11-17(15)21-18/h14,16,19H,2-13H2,1H3. The summed E-state index contributed by atoms with van der Waals surface area (Å²) < 4.78 is 0. The van der Waals surface area contributed by atoms with E-state index in [1.165, 1.54) is 81.3 Å². The molecule has 0 radical (unpaired) electrons. The fraction of sp³-hybridized carbons (Fsp3) is 0.833. The number of aryl methyl sites for hydroxylation is 2. The third-order valence-corrected chi connectivity index (χ3v) is 6.37. The first kappa shape index (κ1) is 15.5. The molecule has 0 saturated heterocycles. The van der Waals surface area contributed by atoms with Crippen molar-refractivity contribution < 1.29 is 0 Å². The normalized spacial score (nSPS) is 21.2. The van der Waals surface area contributed by atoms with Crippen molar-refractivity contribution in [2.45, 2.75) is 83.6 Å². The number of fused-ring (bicyclic) bond motifs is 1. The highest BCUT2D eigenvalue weighted by Crippen LogP contribution is 2.35. The molecule has 0 aliphatic heterocycles. The Kier molecular flexibility index (Phi) is 5.70. The van der Waals surface area contributed by atoms with Crippen LogP contribution in [0.5, 0.6) is 0 Å². The van der Waals surface area contributed by atoms with Crippen LogP contribution in [-0.2, 0) is 12.8 Å². The van der Waals surface area contributed by atoms with Gasteiger partial charge in [0.1, 0.15) is 5.01 Å². The van der Waals surface area contributed by atoms with Crippen molar-refractivity contribution in [3.63, 3.8) is 0 Å². The average molecular weight is 307 g/mol. The van der Waals surface area contributed by atoms with E-state index in [1.54, 1.807) is 4.88 Å². The third-order valence-electron chi connectivity index (χ3n) is 5.09. The highest BCUT2D eigenvalue weighted by molar-refractivity contribution is 7.11. The second kappa shape index (κ2) is 7.73. The van der Waals surface area contributed by atoms with E-state index in [1.807, 2.05) is 11.3 Å². The number of nitrogens with one attached hydrogen (secondary N) is 1. The summed E-state index contributed by atoms with van der Waals surface area (Å²) in [6, 6.07) is 0.517. The summed E-state index contributed by atoms with van der Waals surface area (Å²) in [6.07, 6.45) is 14.9. The molecule has 0 aromatic carbocycles. The molecule has 1 fully saturated rings.